The molecule has 2 rings (SSSR count). The maximum Gasteiger partial charge on any atom is 0.244 e. The van der Waals surface area contributed by atoms with Gasteiger partial charge in [0.15, 0.2) is 0 Å². The van der Waals surface area contributed by atoms with Crippen LogP contribution in [0.2, 0.25) is 0 Å². The first kappa shape index (κ1) is 17.9. The molecular weight excluding hydrogens is 308 g/mol. The van der Waals surface area contributed by atoms with E-state index in [1.807, 2.05) is 6.07 Å². The molecule has 1 fully saturated rings. The molecule has 1 saturated heterocycles. The van der Waals surface area contributed by atoms with Crippen LogP contribution < -0.4 is 5.32 Å². The van der Waals surface area contributed by atoms with Gasteiger partial charge >= 0.3 is 0 Å². The Balaban J connectivity index is 1.88. The van der Waals surface area contributed by atoms with Gasteiger partial charge in [-0.1, -0.05) is 12.1 Å². The number of nitriles is 1. The number of morpholine rings is 1. The maximum atomic E-state index is 12.2. The Kier molecular flexibility index (Phi) is 6.73. The van der Waals surface area contributed by atoms with E-state index in [1.165, 1.54) is 11.8 Å². The molecule has 1 aliphatic heterocycles. The molecule has 0 bridgehead atoms. The molecule has 0 unspecified atom stereocenters. The topological polar surface area (TPSA) is 85.7 Å². The molecule has 0 saturated carbocycles. The number of carbonyl (C=O) groups is 2. The minimum absolute atomic E-state index is 0.0283. The average molecular weight is 330 g/mol. The third-order valence-electron chi connectivity index (χ3n) is 3.89. The number of nitrogens with zero attached hydrogens (tertiary/aromatic N) is 3. The van der Waals surface area contributed by atoms with Gasteiger partial charge in [-0.2, -0.15) is 5.26 Å². The highest BCUT2D eigenvalue weighted by molar-refractivity contribution is 5.95. The van der Waals surface area contributed by atoms with E-state index >= 15 is 0 Å². The van der Waals surface area contributed by atoms with E-state index in [-0.39, 0.29) is 18.4 Å². The summed E-state index contributed by atoms with van der Waals surface area (Å²) in [5.41, 5.74) is 0.857. The van der Waals surface area contributed by atoms with Crippen LogP contribution in [0.25, 0.3) is 0 Å². The van der Waals surface area contributed by atoms with Crippen LogP contribution in [0, 0.1) is 11.3 Å². The minimum atomic E-state index is -0.310. The van der Waals surface area contributed by atoms with Crippen LogP contribution in [0.5, 0.6) is 0 Å². The number of ether oxygens (including phenoxy) is 1. The van der Waals surface area contributed by atoms with Gasteiger partial charge in [0.05, 0.1) is 31.0 Å². The molecular formula is C17H22N4O3. The molecule has 2 amide bonds. The summed E-state index contributed by atoms with van der Waals surface area (Å²) in [7, 11) is 0. The zero-order valence-corrected chi connectivity index (χ0v) is 13.8. The second-order valence-electron chi connectivity index (χ2n) is 5.60. The van der Waals surface area contributed by atoms with E-state index in [4.69, 9.17) is 10.00 Å². The molecule has 0 aromatic heterocycles. The Bertz CT molecular complexity index is 621. The lowest BCUT2D eigenvalue weighted by Gasteiger charge is -2.29. The highest BCUT2D eigenvalue weighted by atomic mass is 16.5. The zero-order valence-electron chi connectivity index (χ0n) is 13.8. The number of amides is 2. The number of anilines is 1. The summed E-state index contributed by atoms with van der Waals surface area (Å²) in [6.07, 6.45) is 0. The molecule has 7 nitrogen and oxygen atoms in total. The lowest BCUT2D eigenvalue weighted by atomic mass is 10.2. The van der Waals surface area contributed by atoms with E-state index in [2.05, 4.69) is 10.2 Å². The lowest BCUT2D eigenvalue weighted by molar-refractivity contribution is -0.133. The average Bonchev–Trinajstić information content (AvgIpc) is 2.59. The molecule has 0 atom stereocenters. The van der Waals surface area contributed by atoms with Gasteiger partial charge in [0.1, 0.15) is 6.07 Å². The fraction of sp³-hybridized carbons (Fsp3) is 0.471. The van der Waals surface area contributed by atoms with Gasteiger partial charge < -0.3 is 15.0 Å². The molecule has 1 heterocycles. The van der Waals surface area contributed by atoms with Crippen molar-refractivity contribution >= 4 is 17.5 Å². The molecule has 1 N–H and O–H groups in total. The van der Waals surface area contributed by atoms with Crippen molar-refractivity contribution in [2.75, 3.05) is 51.3 Å². The van der Waals surface area contributed by atoms with Gasteiger partial charge in [0.25, 0.3) is 0 Å². The van der Waals surface area contributed by atoms with Crippen molar-refractivity contribution in [2.24, 2.45) is 0 Å². The number of para-hydroxylation sites is 1. The van der Waals surface area contributed by atoms with Crippen LogP contribution in [0.3, 0.4) is 0 Å². The SMILES string of the molecule is CC(=O)N(CCN1CCOCC1)CC(=O)Nc1ccccc1C#N. The van der Waals surface area contributed by atoms with E-state index < -0.39 is 0 Å². The van der Waals surface area contributed by atoms with Crippen LogP contribution in [0.1, 0.15) is 12.5 Å². The van der Waals surface area contributed by atoms with Crippen LogP contribution in [0.4, 0.5) is 5.69 Å². The van der Waals surface area contributed by atoms with E-state index in [0.29, 0.717) is 37.6 Å². The quantitative estimate of drug-likeness (QED) is 0.829. The maximum absolute atomic E-state index is 12.2. The lowest BCUT2D eigenvalue weighted by Crippen LogP contribution is -2.44. The second-order valence-corrected chi connectivity index (χ2v) is 5.60. The van der Waals surface area contributed by atoms with Gasteiger partial charge in [-0.15, -0.1) is 0 Å². The summed E-state index contributed by atoms with van der Waals surface area (Å²) in [5, 5.41) is 11.7. The summed E-state index contributed by atoms with van der Waals surface area (Å²) in [6, 6.07) is 8.82. The number of nitrogens with one attached hydrogen (secondary N) is 1. The molecule has 1 aliphatic rings. The van der Waals surface area contributed by atoms with Gasteiger partial charge in [0, 0.05) is 33.1 Å². The number of hydrogen-bond donors (Lipinski definition) is 1. The molecule has 0 radical (unpaired) electrons. The Morgan fingerprint density at radius 1 is 1.33 bits per heavy atom. The predicted octanol–water partition coefficient (Wildman–Crippen LogP) is 0.677. The number of benzene rings is 1. The molecule has 0 spiro atoms. The third kappa shape index (κ3) is 5.33. The minimum Gasteiger partial charge on any atom is -0.379 e. The van der Waals surface area contributed by atoms with Crippen molar-refractivity contribution in [3.05, 3.63) is 29.8 Å². The first-order valence-electron chi connectivity index (χ1n) is 7.94. The van der Waals surface area contributed by atoms with E-state index in [1.54, 1.807) is 24.3 Å². The van der Waals surface area contributed by atoms with Crippen LogP contribution >= 0.6 is 0 Å². The van der Waals surface area contributed by atoms with Crippen molar-refractivity contribution in [1.82, 2.24) is 9.80 Å². The van der Waals surface area contributed by atoms with Crippen molar-refractivity contribution in [1.29, 1.82) is 5.26 Å². The Hall–Kier alpha value is -2.43. The number of hydrogen-bond acceptors (Lipinski definition) is 5. The summed E-state index contributed by atoms with van der Waals surface area (Å²) in [4.78, 5) is 27.7. The molecule has 1 aromatic rings. The molecule has 128 valence electrons. The Morgan fingerprint density at radius 3 is 2.71 bits per heavy atom. The van der Waals surface area contributed by atoms with Gasteiger partial charge in [-0.25, -0.2) is 0 Å². The van der Waals surface area contributed by atoms with Crippen LogP contribution in [-0.4, -0.2) is 67.6 Å². The fourth-order valence-electron chi connectivity index (χ4n) is 2.49. The number of rotatable bonds is 6. The highest BCUT2D eigenvalue weighted by Crippen LogP contribution is 2.13. The molecule has 24 heavy (non-hydrogen) atoms. The summed E-state index contributed by atoms with van der Waals surface area (Å²) < 4.78 is 5.29. The predicted molar refractivity (Wildman–Crippen MR) is 89.3 cm³/mol. The third-order valence-corrected chi connectivity index (χ3v) is 3.89. The van der Waals surface area contributed by atoms with Crippen LogP contribution in [-0.2, 0) is 14.3 Å². The smallest absolute Gasteiger partial charge is 0.244 e. The van der Waals surface area contributed by atoms with Gasteiger partial charge in [-0.05, 0) is 12.1 Å². The van der Waals surface area contributed by atoms with Crippen molar-refractivity contribution < 1.29 is 14.3 Å². The summed E-state index contributed by atoms with van der Waals surface area (Å²) in [5.74, 6) is -0.457. The van der Waals surface area contributed by atoms with E-state index in [0.717, 1.165) is 13.1 Å². The Morgan fingerprint density at radius 2 is 2.04 bits per heavy atom. The normalized spacial score (nSPS) is 14.7. The first-order valence-corrected chi connectivity index (χ1v) is 7.94. The van der Waals surface area contributed by atoms with Gasteiger partial charge in [-0.3, -0.25) is 14.5 Å². The van der Waals surface area contributed by atoms with Crippen molar-refractivity contribution in [2.45, 2.75) is 6.92 Å². The second kappa shape index (κ2) is 9.01. The van der Waals surface area contributed by atoms with Crippen molar-refractivity contribution in [3.8, 4) is 6.07 Å². The molecule has 1 aromatic carbocycles. The molecule has 0 aliphatic carbocycles. The monoisotopic (exact) mass is 330 g/mol. The van der Waals surface area contributed by atoms with Crippen LogP contribution in [0.15, 0.2) is 24.3 Å². The zero-order chi connectivity index (χ0) is 17.4. The fourth-order valence-corrected chi connectivity index (χ4v) is 2.49. The largest absolute Gasteiger partial charge is 0.379 e. The van der Waals surface area contributed by atoms with Crippen molar-refractivity contribution in [3.63, 3.8) is 0 Å². The standard InChI is InChI=1S/C17H22N4O3/c1-14(22)21(7-6-20-8-10-24-11-9-20)13-17(23)19-16-5-3-2-4-15(16)12-18/h2-5H,6-11,13H2,1H3,(H,19,23). The number of carbonyl (C=O) groups excluding carboxylic acids is 2. The van der Waals surface area contributed by atoms with E-state index in [9.17, 15) is 9.59 Å². The summed E-state index contributed by atoms with van der Waals surface area (Å²) in [6.45, 7) is 5.71. The molecule has 7 heteroatoms. The summed E-state index contributed by atoms with van der Waals surface area (Å²) >= 11 is 0. The van der Waals surface area contributed by atoms with Gasteiger partial charge in [0.2, 0.25) is 11.8 Å². The Labute approximate surface area is 141 Å². The highest BCUT2D eigenvalue weighted by Gasteiger charge is 2.17. The first-order chi connectivity index (χ1) is 11.6.